The molecule has 0 bridgehead atoms. The summed E-state index contributed by atoms with van der Waals surface area (Å²) in [6, 6.07) is 15.1. The van der Waals surface area contributed by atoms with E-state index < -0.39 is 0 Å². The van der Waals surface area contributed by atoms with Crippen molar-refractivity contribution in [1.29, 1.82) is 0 Å². The van der Waals surface area contributed by atoms with Crippen molar-refractivity contribution in [3.63, 3.8) is 0 Å². The van der Waals surface area contributed by atoms with Crippen molar-refractivity contribution in [1.82, 2.24) is 4.90 Å². The average Bonchev–Trinajstić information content (AvgIpc) is 2.92. The highest BCUT2D eigenvalue weighted by Gasteiger charge is 2.33. The molecular formula is C22H23ClN2O2S. The van der Waals surface area contributed by atoms with Crippen molar-refractivity contribution in [2.45, 2.75) is 20.8 Å². The van der Waals surface area contributed by atoms with E-state index in [1.54, 1.807) is 17.0 Å². The van der Waals surface area contributed by atoms with Gasteiger partial charge in [0, 0.05) is 11.6 Å². The van der Waals surface area contributed by atoms with Gasteiger partial charge in [-0.2, -0.15) is 0 Å². The van der Waals surface area contributed by atoms with Gasteiger partial charge in [0.15, 0.2) is 5.17 Å². The lowest BCUT2D eigenvalue weighted by atomic mass is 10.2. The van der Waals surface area contributed by atoms with Gasteiger partial charge in [-0.1, -0.05) is 43.6 Å². The SMILES string of the molecule is CCOc1ccc(/C=C2/SC(=Nc3cccc(Cl)c3)N(CC(C)C)C2=O)cc1. The highest BCUT2D eigenvalue weighted by atomic mass is 35.5. The molecule has 1 saturated heterocycles. The minimum Gasteiger partial charge on any atom is -0.494 e. The van der Waals surface area contributed by atoms with Gasteiger partial charge in [-0.15, -0.1) is 0 Å². The van der Waals surface area contributed by atoms with E-state index in [1.807, 2.05) is 49.4 Å². The molecule has 1 fully saturated rings. The lowest BCUT2D eigenvalue weighted by Crippen LogP contribution is -2.32. The van der Waals surface area contributed by atoms with Gasteiger partial charge < -0.3 is 4.74 Å². The molecule has 4 nitrogen and oxygen atoms in total. The van der Waals surface area contributed by atoms with Gasteiger partial charge in [-0.25, -0.2) is 4.99 Å². The van der Waals surface area contributed by atoms with Crippen LogP contribution in [0.3, 0.4) is 0 Å². The Hall–Kier alpha value is -2.24. The van der Waals surface area contributed by atoms with E-state index in [4.69, 9.17) is 16.3 Å². The van der Waals surface area contributed by atoms with Crippen LogP contribution in [0.25, 0.3) is 6.08 Å². The Bertz CT molecular complexity index is 907. The normalized spacial score (nSPS) is 17.2. The zero-order valence-corrected chi connectivity index (χ0v) is 17.8. The molecule has 0 saturated carbocycles. The van der Waals surface area contributed by atoms with Crippen molar-refractivity contribution >= 4 is 46.2 Å². The largest absolute Gasteiger partial charge is 0.494 e. The molecule has 0 aliphatic carbocycles. The third-order valence-electron chi connectivity index (χ3n) is 3.96. The van der Waals surface area contributed by atoms with Gasteiger partial charge in [0.2, 0.25) is 0 Å². The highest BCUT2D eigenvalue weighted by molar-refractivity contribution is 8.18. The Balaban J connectivity index is 1.90. The fourth-order valence-electron chi connectivity index (χ4n) is 2.75. The Morgan fingerprint density at radius 2 is 1.96 bits per heavy atom. The van der Waals surface area contributed by atoms with Crippen molar-refractivity contribution in [3.8, 4) is 5.75 Å². The third-order valence-corrected chi connectivity index (χ3v) is 5.20. The predicted octanol–water partition coefficient (Wildman–Crippen LogP) is 6.00. The van der Waals surface area contributed by atoms with E-state index in [0.29, 0.717) is 34.2 Å². The number of carbonyl (C=O) groups is 1. The number of benzene rings is 2. The molecule has 6 heteroatoms. The van der Waals surface area contributed by atoms with E-state index >= 15 is 0 Å². The molecule has 0 unspecified atom stereocenters. The van der Waals surface area contributed by atoms with Gasteiger partial charge in [-0.05, 0) is 66.6 Å². The number of hydrogen-bond acceptors (Lipinski definition) is 4. The standard InChI is InChI=1S/C22H23ClN2O2S/c1-4-27-19-10-8-16(9-11-19)12-20-21(26)25(14-15(2)3)22(28-20)24-18-7-5-6-17(23)13-18/h5-13,15H,4,14H2,1-3H3/b20-12+,24-22?. The van der Waals surface area contributed by atoms with E-state index in [1.165, 1.54) is 11.8 Å². The zero-order valence-electron chi connectivity index (χ0n) is 16.2. The molecular weight excluding hydrogens is 392 g/mol. The first-order valence-corrected chi connectivity index (χ1v) is 10.4. The molecule has 1 aliphatic rings. The predicted molar refractivity (Wildman–Crippen MR) is 118 cm³/mol. The van der Waals surface area contributed by atoms with Gasteiger partial charge in [0.25, 0.3) is 5.91 Å². The maximum absolute atomic E-state index is 13.0. The Labute approximate surface area is 175 Å². The Kier molecular flexibility index (Phi) is 6.81. The molecule has 0 N–H and O–H groups in total. The lowest BCUT2D eigenvalue weighted by Gasteiger charge is -2.17. The summed E-state index contributed by atoms with van der Waals surface area (Å²) in [4.78, 5) is 20.1. The molecule has 0 spiro atoms. The van der Waals surface area contributed by atoms with Crippen LogP contribution >= 0.6 is 23.4 Å². The zero-order chi connectivity index (χ0) is 20.1. The van der Waals surface area contributed by atoms with Crippen LogP contribution in [0.4, 0.5) is 5.69 Å². The second-order valence-electron chi connectivity index (χ2n) is 6.80. The summed E-state index contributed by atoms with van der Waals surface area (Å²) in [5, 5.41) is 1.30. The number of rotatable bonds is 6. The number of amides is 1. The molecule has 2 aromatic carbocycles. The minimum atomic E-state index is -0.0200. The fourth-order valence-corrected chi connectivity index (χ4v) is 3.94. The van der Waals surface area contributed by atoms with Gasteiger partial charge in [0.05, 0.1) is 17.2 Å². The van der Waals surface area contributed by atoms with Crippen LogP contribution in [0, 0.1) is 5.92 Å². The minimum absolute atomic E-state index is 0.0200. The molecule has 28 heavy (non-hydrogen) atoms. The first kappa shape index (κ1) is 20.5. The quantitative estimate of drug-likeness (QED) is 0.544. The highest BCUT2D eigenvalue weighted by Crippen LogP contribution is 2.35. The lowest BCUT2D eigenvalue weighted by molar-refractivity contribution is -0.122. The third kappa shape index (κ3) is 5.18. The average molecular weight is 415 g/mol. The number of thioether (sulfide) groups is 1. The van der Waals surface area contributed by atoms with Crippen LogP contribution in [0.5, 0.6) is 5.75 Å². The van der Waals surface area contributed by atoms with E-state index in [9.17, 15) is 4.79 Å². The van der Waals surface area contributed by atoms with Crippen LogP contribution < -0.4 is 4.74 Å². The maximum atomic E-state index is 13.0. The summed E-state index contributed by atoms with van der Waals surface area (Å²) >= 11 is 7.46. The maximum Gasteiger partial charge on any atom is 0.266 e. The van der Waals surface area contributed by atoms with Crippen LogP contribution in [0.1, 0.15) is 26.3 Å². The molecule has 0 aromatic heterocycles. The number of amidine groups is 1. The number of carbonyl (C=O) groups excluding carboxylic acids is 1. The van der Waals surface area contributed by atoms with E-state index in [0.717, 1.165) is 17.0 Å². The van der Waals surface area contributed by atoms with Crippen LogP contribution in [0.15, 0.2) is 58.4 Å². The number of hydrogen-bond donors (Lipinski definition) is 0. The van der Waals surface area contributed by atoms with Crippen LogP contribution in [0.2, 0.25) is 5.02 Å². The molecule has 0 atom stereocenters. The smallest absolute Gasteiger partial charge is 0.266 e. The monoisotopic (exact) mass is 414 g/mol. The summed E-state index contributed by atoms with van der Waals surface area (Å²) in [5.74, 6) is 1.13. The number of halogens is 1. The van der Waals surface area contributed by atoms with Crippen molar-refractivity contribution in [2.24, 2.45) is 10.9 Å². The van der Waals surface area contributed by atoms with Crippen LogP contribution in [-0.4, -0.2) is 29.1 Å². The summed E-state index contributed by atoms with van der Waals surface area (Å²) in [5.41, 5.74) is 1.69. The van der Waals surface area contributed by atoms with E-state index in [-0.39, 0.29) is 5.91 Å². The first-order valence-electron chi connectivity index (χ1n) is 9.24. The number of nitrogens with zero attached hydrogens (tertiary/aromatic N) is 2. The number of aliphatic imine (C=N–C) groups is 1. The molecule has 0 radical (unpaired) electrons. The molecule has 3 rings (SSSR count). The Morgan fingerprint density at radius 1 is 1.21 bits per heavy atom. The molecule has 1 heterocycles. The second kappa shape index (κ2) is 9.30. The van der Waals surface area contributed by atoms with Gasteiger partial charge in [-0.3, -0.25) is 9.69 Å². The first-order chi connectivity index (χ1) is 13.5. The fraction of sp³-hybridized carbons (Fsp3) is 0.273. The topological polar surface area (TPSA) is 41.9 Å². The molecule has 146 valence electrons. The summed E-state index contributed by atoms with van der Waals surface area (Å²) in [7, 11) is 0. The summed E-state index contributed by atoms with van der Waals surface area (Å²) < 4.78 is 5.47. The van der Waals surface area contributed by atoms with Crippen molar-refractivity contribution in [2.75, 3.05) is 13.2 Å². The Morgan fingerprint density at radius 3 is 2.61 bits per heavy atom. The van der Waals surface area contributed by atoms with Gasteiger partial charge >= 0.3 is 0 Å². The van der Waals surface area contributed by atoms with Crippen LogP contribution in [-0.2, 0) is 4.79 Å². The molecule has 2 aromatic rings. The summed E-state index contributed by atoms with van der Waals surface area (Å²) in [6.07, 6.45) is 1.90. The molecule has 1 aliphatic heterocycles. The van der Waals surface area contributed by atoms with Crippen molar-refractivity contribution in [3.05, 3.63) is 64.0 Å². The molecule has 1 amide bonds. The second-order valence-corrected chi connectivity index (χ2v) is 8.24. The van der Waals surface area contributed by atoms with Crippen molar-refractivity contribution < 1.29 is 9.53 Å². The van der Waals surface area contributed by atoms with Gasteiger partial charge in [0.1, 0.15) is 5.75 Å². The summed E-state index contributed by atoms with van der Waals surface area (Å²) in [6.45, 7) is 7.37. The number of ether oxygens (including phenoxy) is 1. The van der Waals surface area contributed by atoms with E-state index in [2.05, 4.69) is 18.8 Å².